The Kier molecular flexibility index (Phi) is 5.18. The first-order valence-corrected chi connectivity index (χ1v) is 10.0. The number of benzene rings is 2. The van der Waals surface area contributed by atoms with Crippen molar-refractivity contribution in [2.75, 3.05) is 35.9 Å². The zero-order valence-electron chi connectivity index (χ0n) is 14.7. The number of nitrogens with zero attached hydrogens (tertiary/aromatic N) is 2. The molecule has 3 rings (SSSR count). The van der Waals surface area contributed by atoms with Gasteiger partial charge in [-0.2, -0.15) is 0 Å². The summed E-state index contributed by atoms with van der Waals surface area (Å²) in [4.78, 5) is 2.58. The van der Waals surface area contributed by atoms with Crippen LogP contribution in [-0.2, 0) is 10.0 Å². The maximum Gasteiger partial charge on any atom is 0.264 e. The van der Waals surface area contributed by atoms with Crippen molar-refractivity contribution >= 4 is 21.4 Å². The number of rotatable bonds is 6. The fourth-order valence-corrected chi connectivity index (χ4v) is 4.22. The smallest absolute Gasteiger partial charge is 0.264 e. The monoisotopic (exact) mass is 360 g/mol. The van der Waals surface area contributed by atoms with Crippen LogP contribution in [0.3, 0.4) is 0 Å². The Bertz CT molecular complexity index is 796. The number of ether oxygens (including phenoxy) is 1. The van der Waals surface area contributed by atoms with Crippen LogP contribution in [-0.4, -0.2) is 35.2 Å². The highest BCUT2D eigenvalue weighted by atomic mass is 32.2. The third-order valence-electron chi connectivity index (χ3n) is 4.48. The summed E-state index contributed by atoms with van der Waals surface area (Å²) in [6, 6.07) is 14.2. The summed E-state index contributed by atoms with van der Waals surface area (Å²) in [5.74, 6) is 0.666. The topological polar surface area (TPSA) is 49.9 Å². The minimum Gasteiger partial charge on any atom is -0.494 e. The zero-order valence-corrected chi connectivity index (χ0v) is 15.5. The van der Waals surface area contributed by atoms with E-state index in [1.807, 2.05) is 31.2 Å². The van der Waals surface area contributed by atoms with Crippen LogP contribution in [0.25, 0.3) is 0 Å². The van der Waals surface area contributed by atoms with E-state index in [-0.39, 0.29) is 4.90 Å². The van der Waals surface area contributed by atoms with Crippen LogP contribution in [0.1, 0.15) is 19.8 Å². The van der Waals surface area contributed by atoms with Gasteiger partial charge in [-0.3, -0.25) is 4.31 Å². The van der Waals surface area contributed by atoms with Crippen molar-refractivity contribution in [1.82, 2.24) is 0 Å². The molecule has 1 aliphatic rings. The predicted octanol–water partition coefficient (Wildman–Crippen LogP) is 3.51. The molecule has 0 bridgehead atoms. The van der Waals surface area contributed by atoms with Gasteiger partial charge < -0.3 is 9.64 Å². The van der Waals surface area contributed by atoms with Crippen molar-refractivity contribution in [2.24, 2.45) is 0 Å². The maximum atomic E-state index is 12.8. The second kappa shape index (κ2) is 7.35. The molecular formula is C19H24N2O3S. The van der Waals surface area contributed by atoms with Crippen LogP contribution in [0.5, 0.6) is 5.75 Å². The van der Waals surface area contributed by atoms with Gasteiger partial charge in [-0.25, -0.2) is 8.42 Å². The highest BCUT2D eigenvalue weighted by molar-refractivity contribution is 7.92. The highest BCUT2D eigenvalue weighted by Gasteiger charge is 2.21. The molecule has 0 unspecified atom stereocenters. The summed E-state index contributed by atoms with van der Waals surface area (Å²) < 4.78 is 32.3. The molecular weight excluding hydrogens is 336 g/mol. The zero-order chi connectivity index (χ0) is 17.9. The summed E-state index contributed by atoms with van der Waals surface area (Å²) in [5, 5.41) is 0. The number of hydrogen-bond acceptors (Lipinski definition) is 4. The van der Waals surface area contributed by atoms with E-state index in [4.69, 9.17) is 4.74 Å². The molecule has 2 aromatic carbocycles. The van der Waals surface area contributed by atoms with Crippen LogP contribution in [0.4, 0.5) is 11.4 Å². The summed E-state index contributed by atoms with van der Waals surface area (Å²) in [7, 11) is -2.01. The molecule has 0 atom stereocenters. The molecule has 1 heterocycles. The highest BCUT2D eigenvalue weighted by Crippen LogP contribution is 2.27. The lowest BCUT2D eigenvalue weighted by Crippen LogP contribution is -2.26. The third-order valence-corrected chi connectivity index (χ3v) is 6.28. The molecule has 0 radical (unpaired) electrons. The van der Waals surface area contributed by atoms with Gasteiger partial charge in [-0.15, -0.1) is 0 Å². The average Bonchev–Trinajstić information content (AvgIpc) is 3.17. The predicted molar refractivity (Wildman–Crippen MR) is 101 cm³/mol. The molecule has 1 fully saturated rings. The van der Waals surface area contributed by atoms with E-state index in [0.29, 0.717) is 18.0 Å². The van der Waals surface area contributed by atoms with Gasteiger partial charge in [0.2, 0.25) is 0 Å². The van der Waals surface area contributed by atoms with Crippen LogP contribution < -0.4 is 13.9 Å². The quantitative estimate of drug-likeness (QED) is 0.791. The molecule has 0 amide bonds. The summed E-state index contributed by atoms with van der Waals surface area (Å²) in [6.07, 6.45) is 2.43. The molecule has 2 aromatic rings. The first-order chi connectivity index (χ1) is 12.0. The molecule has 5 nitrogen and oxygen atoms in total. The lowest BCUT2D eigenvalue weighted by atomic mass is 10.2. The Labute approximate surface area is 149 Å². The Morgan fingerprint density at radius 1 is 1.00 bits per heavy atom. The molecule has 25 heavy (non-hydrogen) atoms. The first-order valence-electron chi connectivity index (χ1n) is 8.59. The fourth-order valence-electron chi connectivity index (χ4n) is 3.02. The third kappa shape index (κ3) is 3.74. The first kappa shape index (κ1) is 17.6. The molecule has 6 heteroatoms. The fraction of sp³-hybridized carbons (Fsp3) is 0.368. The van der Waals surface area contributed by atoms with E-state index >= 15 is 0 Å². The van der Waals surface area contributed by atoms with Gasteiger partial charge in [-0.1, -0.05) is 0 Å². The van der Waals surface area contributed by atoms with E-state index in [0.717, 1.165) is 18.8 Å². The van der Waals surface area contributed by atoms with Crippen molar-refractivity contribution in [3.05, 3.63) is 48.5 Å². The van der Waals surface area contributed by atoms with Crippen LogP contribution >= 0.6 is 0 Å². The van der Waals surface area contributed by atoms with E-state index in [1.54, 1.807) is 31.3 Å². The Hall–Kier alpha value is -2.21. The van der Waals surface area contributed by atoms with E-state index in [1.165, 1.54) is 17.1 Å². The summed E-state index contributed by atoms with van der Waals surface area (Å²) >= 11 is 0. The second-order valence-electron chi connectivity index (χ2n) is 6.09. The largest absolute Gasteiger partial charge is 0.494 e. The van der Waals surface area contributed by atoms with Crippen molar-refractivity contribution in [2.45, 2.75) is 24.7 Å². The molecule has 0 aliphatic carbocycles. The van der Waals surface area contributed by atoms with Gasteiger partial charge >= 0.3 is 0 Å². The van der Waals surface area contributed by atoms with E-state index in [2.05, 4.69) is 4.90 Å². The molecule has 0 N–H and O–H groups in total. The number of sulfonamides is 1. The van der Waals surface area contributed by atoms with Gasteiger partial charge in [0.05, 0.1) is 17.2 Å². The van der Waals surface area contributed by atoms with E-state index in [9.17, 15) is 8.42 Å². The molecule has 1 saturated heterocycles. The van der Waals surface area contributed by atoms with E-state index < -0.39 is 10.0 Å². The Balaban J connectivity index is 1.79. The van der Waals surface area contributed by atoms with Crippen molar-refractivity contribution in [1.29, 1.82) is 0 Å². The lowest BCUT2D eigenvalue weighted by Gasteiger charge is -2.22. The molecule has 0 spiro atoms. The summed E-state index contributed by atoms with van der Waals surface area (Å²) in [6.45, 7) is 4.58. The SMILES string of the molecule is CCOc1ccc(S(=O)(=O)N(C)c2ccc(N3CCCC3)cc2)cc1. The maximum absolute atomic E-state index is 12.8. The molecule has 134 valence electrons. The number of anilines is 2. The van der Waals surface area contributed by atoms with Gasteiger partial charge in [0.25, 0.3) is 10.0 Å². The van der Waals surface area contributed by atoms with Gasteiger partial charge in [0.1, 0.15) is 5.75 Å². The van der Waals surface area contributed by atoms with Gasteiger partial charge in [0.15, 0.2) is 0 Å². The minimum absolute atomic E-state index is 0.252. The Morgan fingerprint density at radius 3 is 2.16 bits per heavy atom. The molecule has 0 aromatic heterocycles. The second-order valence-corrected chi connectivity index (χ2v) is 8.06. The molecule has 0 saturated carbocycles. The number of hydrogen-bond donors (Lipinski definition) is 0. The Morgan fingerprint density at radius 2 is 1.60 bits per heavy atom. The van der Waals surface area contributed by atoms with Gasteiger partial charge in [0, 0.05) is 25.8 Å². The van der Waals surface area contributed by atoms with Crippen molar-refractivity contribution in [3.63, 3.8) is 0 Å². The summed E-state index contributed by atoms with van der Waals surface area (Å²) in [5.41, 5.74) is 1.80. The van der Waals surface area contributed by atoms with Crippen LogP contribution in [0, 0.1) is 0 Å². The standard InChI is InChI=1S/C19H24N2O3S/c1-3-24-18-10-12-19(13-11-18)25(22,23)20(2)16-6-8-17(9-7-16)21-14-4-5-15-21/h6-13H,3-5,14-15H2,1-2H3. The molecule has 1 aliphatic heterocycles. The minimum atomic E-state index is -3.59. The van der Waals surface area contributed by atoms with Crippen LogP contribution in [0.2, 0.25) is 0 Å². The van der Waals surface area contributed by atoms with Crippen LogP contribution in [0.15, 0.2) is 53.4 Å². The average molecular weight is 360 g/mol. The lowest BCUT2D eigenvalue weighted by molar-refractivity contribution is 0.340. The normalized spacial score (nSPS) is 14.6. The van der Waals surface area contributed by atoms with Crippen molar-refractivity contribution in [3.8, 4) is 5.75 Å². The van der Waals surface area contributed by atoms with Gasteiger partial charge in [-0.05, 0) is 68.3 Å². The van der Waals surface area contributed by atoms with Crippen molar-refractivity contribution < 1.29 is 13.2 Å².